The van der Waals surface area contributed by atoms with Crippen LogP contribution in [-0.4, -0.2) is 26.3 Å². The Morgan fingerprint density at radius 3 is 2.73 bits per heavy atom. The molecular formula is C9H14N4OS. The highest BCUT2D eigenvalue weighted by atomic mass is 32.2. The molecule has 1 aromatic heterocycles. The van der Waals surface area contributed by atoms with Crippen LogP contribution in [0, 0.1) is 6.92 Å². The van der Waals surface area contributed by atoms with Gasteiger partial charge in [0, 0.05) is 10.9 Å². The average Bonchev–Trinajstić information content (AvgIpc) is 2.14. The number of nitrogens with two attached hydrogens (primary N) is 1. The number of aromatic nitrogens is 2. The number of nitrogens with zero attached hydrogens (tertiary/aromatic N) is 3. The molecule has 0 aliphatic rings. The zero-order valence-corrected chi connectivity index (χ0v) is 9.75. The summed E-state index contributed by atoms with van der Waals surface area (Å²) in [5, 5.41) is 12.5. The molecule has 0 unspecified atom stereocenters. The maximum atomic E-state index is 8.55. The van der Waals surface area contributed by atoms with Gasteiger partial charge in [-0.05, 0) is 13.0 Å². The number of rotatable bonds is 3. The van der Waals surface area contributed by atoms with Gasteiger partial charge < -0.3 is 10.9 Å². The Labute approximate surface area is 92.8 Å². The summed E-state index contributed by atoms with van der Waals surface area (Å²) in [5.74, 6) is 0.00565. The smallest absolute Gasteiger partial charge is 0.188 e. The zero-order valence-electron chi connectivity index (χ0n) is 8.93. The quantitative estimate of drug-likeness (QED) is 0.203. The fourth-order valence-electron chi connectivity index (χ4n) is 0.987. The van der Waals surface area contributed by atoms with Gasteiger partial charge in [-0.15, -0.1) is 0 Å². The van der Waals surface area contributed by atoms with E-state index in [0.29, 0.717) is 16.1 Å². The molecule has 0 aliphatic carbocycles. The Morgan fingerprint density at radius 1 is 1.53 bits per heavy atom. The first kappa shape index (κ1) is 11.8. The van der Waals surface area contributed by atoms with Crippen molar-refractivity contribution in [1.82, 2.24) is 9.97 Å². The SMILES string of the molecule is Cc1cc(/C(N)=N/O)nc(SC(C)C)n1. The zero-order chi connectivity index (χ0) is 11.4. The Kier molecular flexibility index (Phi) is 3.90. The van der Waals surface area contributed by atoms with E-state index in [2.05, 4.69) is 29.0 Å². The summed E-state index contributed by atoms with van der Waals surface area (Å²) in [4.78, 5) is 8.43. The van der Waals surface area contributed by atoms with E-state index in [0.717, 1.165) is 5.69 Å². The molecule has 1 rings (SSSR count). The minimum atomic E-state index is 0.00565. The molecule has 1 heterocycles. The molecule has 15 heavy (non-hydrogen) atoms. The molecule has 0 aliphatic heterocycles. The minimum Gasteiger partial charge on any atom is -0.409 e. The van der Waals surface area contributed by atoms with Gasteiger partial charge in [0.1, 0.15) is 5.69 Å². The van der Waals surface area contributed by atoms with Crippen molar-refractivity contribution in [3.05, 3.63) is 17.5 Å². The second-order valence-corrected chi connectivity index (χ2v) is 4.87. The number of oxime groups is 1. The van der Waals surface area contributed by atoms with Crippen LogP contribution < -0.4 is 5.73 Å². The molecule has 5 nitrogen and oxygen atoms in total. The van der Waals surface area contributed by atoms with Crippen LogP contribution in [0.5, 0.6) is 0 Å². The summed E-state index contributed by atoms with van der Waals surface area (Å²) >= 11 is 1.54. The summed E-state index contributed by atoms with van der Waals surface area (Å²) in [7, 11) is 0. The molecule has 1 aromatic rings. The van der Waals surface area contributed by atoms with Gasteiger partial charge in [0.05, 0.1) is 0 Å². The van der Waals surface area contributed by atoms with E-state index in [1.807, 2.05) is 6.92 Å². The Bertz CT molecular complexity index is 378. The van der Waals surface area contributed by atoms with Crippen molar-refractivity contribution in [3.8, 4) is 0 Å². The van der Waals surface area contributed by atoms with Crippen molar-refractivity contribution >= 4 is 17.6 Å². The van der Waals surface area contributed by atoms with Gasteiger partial charge in [0.15, 0.2) is 11.0 Å². The lowest BCUT2D eigenvalue weighted by Gasteiger charge is -2.06. The molecule has 6 heteroatoms. The molecule has 0 bridgehead atoms. The molecule has 82 valence electrons. The minimum absolute atomic E-state index is 0.00565. The number of hydrogen-bond acceptors (Lipinski definition) is 5. The molecule has 0 fully saturated rings. The second-order valence-electron chi connectivity index (χ2n) is 3.33. The highest BCUT2D eigenvalue weighted by Gasteiger charge is 2.07. The second kappa shape index (κ2) is 4.97. The Morgan fingerprint density at radius 2 is 2.20 bits per heavy atom. The lowest BCUT2D eigenvalue weighted by Crippen LogP contribution is -2.16. The van der Waals surface area contributed by atoms with Crippen molar-refractivity contribution < 1.29 is 5.21 Å². The van der Waals surface area contributed by atoms with Crippen molar-refractivity contribution in [2.45, 2.75) is 31.2 Å². The van der Waals surface area contributed by atoms with Crippen LogP contribution in [-0.2, 0) is 0 Å². The van der Waals surface area contributed by atoms with Crippen molar-refractivity contribution in [1.29, 1.82) is 0 Å². The molecule has 0 aromatic carbocycles. The molecule has 0 spiro atoms. The average molecular weight is 226 g/mol. The van der Waals surface area contributed by atoms with Gasteiger partial charge in [0.25, 0.3) is 0 Å². The largest absolute Gasteiger partial charge is 0.409 e. The summed E-state index contributed by atoms with van der Waals surface area (Å²) in [6.45, 7) is 5.96. The van der Waals surface area contributed by atoms with Gasteiger partial charge in [0.2, 0.25) is 0 Å². The summed E-state index contributed by atoms with van der Waals surface area (Å²) < 4.78 is 0. The van der Waals surface area contributed by atoms with Crippen LogP contribution in [0.3, 0.4) is 0 Å². The van der Waals surface area contributed by atoms with Crippen molar-refractivity contribution in [2.75, 3.05) is 0 Å². The molecular weight excluding hydrogens is 212 g/mol. The van der Waals surface area contributed by atoms with E-state index >= 15 is 0 Å². The third kappa shape index (κ3) is 3.39. The van der Waals surface area contributed by atoms with Crippen molar-refractivity contribution in [3.63, 3.8) is 0 Å². The van der Waals surface area contributed by atoms with Crippen LogP contribution in [0.1, 0.15) is 25.2 Å². The summed E-state index contributed by atoms with van der Waals surface area (Å²) in [6.07, 6.45) is 0. The van der Waals surface area contributed by atoms with E-state index in [-0.39, 0.29) is 5.84 Å². The van der Waals surface area contributed by atoms with Gasteiger partial charge in [-0.25, -0.2) is 9.97 Å². The van der Waals surface area contributed by atoms with Crippen LogP contribution in [0.4, 0.5) is 0 Å². The fourth-order valence-corrected chi connectivity index (χ4v) is 1.76. The lowest BCUT2D eigenvalue weighted by atomic mass is 10.3. The van der Waals surface area contributed by atoms with Gasteiger partial charge in [-0.1, -0.05) is 30.8 Å². The van der Waals surface area contributed by atoms with Crippen LogP contribution in [0.25, 0.3) is 0 Å². The van der Waals surface area contributed by atoms with E-state index in [4.69, 9.17) is 10.9 Å². The van der Waals surface area contributed by atoms with Crippen LogP contribution >= 0.6 is 11.8 Å². The Balaban J connectivity index is 3.05. The van der Waals surface area contributed by atoms with Gasteiger partial charge in [-0.2, -0.15) is 0 Å². The number of amidine groups is 1. The first-order valence-corrected chi connectivity index (χ1v) is 5.41. The molecule has 0 saturated carbocycles. The molecule has 0 saturated heterocycles. The highest BCUT2D eigenvalue weighted by molar-refractivity contribution is 7.99. The van der Waals surface area contributed by atoms with Crippen molar-refractivity contribution in [2.24, 2.45) is 10.9 Å². The fraction of sp³-hybridized carbons (Fsp3) is 0.444. The monoisotopic (exact) mass is 226 g/mol. The molecule has 0 radical (unpaired) electrons. The summed E-state index contributed by atoms with van der Waals surface area (Å²) in [6, 6.07) is 1.68. The summed E-state index contributed by atoms with van der Waals surface area (Å²) in [5.41, 5.74) is 6.72. The maximum absolute atomic E-state index is 8.55. The maximum Gasteiger partial charge on any atom is 0.188 e. The predicted octanol–water partition coefficient (Wildman–Crippen LogP) is 1.38. The highest BCUT2D eigenvalue weighted by Crippen LogP contribution is 2.19. The third-order valence-electron chi connectivity index (χ3n) is 1.54. The predicted molar refractivity (Wildman–Crippen MR) is 60.3 cm³/mol. The molecule has 0 amide bonds. The van der Waals surface area contributed by atoms with Crippen LogP contribution in [0.2, 0.25) is 0 Å². The number of hydrogen-bond donors (Lipinski definition) is 2. The first-order chi connectivity index (χ1) is 7.02. The van der Waals surface area contributed by atoms with E-state index < -0.39 is 0 Å². The number of aryl methyl sites for hydroxylation is 1. The third-order valence-corrected chi connectivity index (χ3v) is 2.41. The molecule has 0 atom stereocenters. The van der Waals surface area contributed by atoms with Gasteiger partial charge in [-0.3, -0.25) is 0 Å². The van der Waals surface area contributed by atoms with Crippen LogP contribution in [0.15, 0.2) is 16.4 Å². The van der Waals surface area contributed by atoms with E-state index in [1.165, 1.54) is 0 Å². The first-order valence-electron chi connectivity index (χ1n) is 4.53. The number of thioether (sulfide) groups is 1. The van der Waals surface area contributed by atoms with Gasteiger partial charge >= 0.3 is 0 Å². The molecule has 3 N–H and O–H groups in total. The lowest BCUT2D eigenvalue weighted by molar-refractivity contribution is 0.318. The van der Waals surface area contributed by atoms with E-state index in [1.54, 1.807) is 17.8 Å². The standard InChI is InChI=1S/C9H14N4OS/c1-5(2)15-9-11-6(3)4-7(12-9)8(10)13-14/h4-5,14H,1-3H3,(H2,10,13). The Hall–Kier alpha value is -1.30. The topological polar surface area (TPSA) is 84.4 Å². The normalized spacial score (nSPS) is 12.1. The van der Waals surface area contributed by atoms with E-state index in [9.17, 15) is 0 Å².